The lowest BCUT2D eigenvalue weighted by Gasteiger charge is -2.13. The summed E-state index contributed by atoms with van der Waals surface area (Å²) >= 11 is 0. The fraction of sp³-hybridized carbons (Fsp3) is 0.148. The molecule has 3 amide bonds. The van der Waals surface area contributed by atoms with Gasteiger partial charge in [0.1, 0.15) is 0 Å². The molecule has 0 atom stereocenters. The van der Waals surface area contributed by atoms with Gasteiger partial charge < -0.3 is 10.1 Å². The Bertz CT molecular complexity index is 1270. The van der Waals surface area contributed by atoms with Gasteiger partial charge in [-0.3, -0.25) is 28.9 Å². The molecule has 0 aliphatic carbocycles. The maximum absolute atomic E-state index is 12.8. The summed E-state index contributed by atoms with van der Waals surface area (Å²) in [6.07, 6.45) is 0.143. The van der Waals surface area contributed by atoms with Gasteiger partial charge >= 0.3 is 5.97 Å². The molecule has 0 bridgehead atoms. The van der Waals surface area contributed by atoms with Crippen molar-refractivity contribution < 1.29 is 28.7 Å². The average molecular weight is 470 g/mol. The number of esters is 1. The zero-order chi connectivity index (χ0) is 24.8. The third-order valence-corrected chi connectivity index (χ3v) is 5.49. The van der Waals surface area contributed by atoms with Gasteiger partial charge in [-0.05, 0) is 30.7 Å². The van der Waals surface area contributed by atoms with Gasteiger partial charge in [-0.15, -0.1) is 0 Å². The average Bonchev–Trinajstić information content (AvgIpc) is 3.13. The van der Waals surface area contributed by atoms with E-state index in [1.54, 1.807) is 78.9 Å². The Labute approximate surface area is 201 Å². The second-order valence-electron chi connectivity index (χ2n) is 7.86. The van der Waals surface area contributed by atoms with Crippen molar-refractivity contribution in [3.8, 4) is 0 Å². The maximum Gasteiger partial charge on any atom is 0.306 e. The van der Waals surface area contributed by atoms with Crippen molar-refractivity contribution in [3.05, 3.63) is 101 Å². The topological polar surface area (TPSA) is 110 Å². The Morgan fingerprint density at radius 3 is 2.06 bits per heavy atom. The third kappa shape index (κ3) is 5.33. The smallest absolute Gasteiger partial charge is 0.306 e. The molecule has 0 unspecified atom stereocenters. The number of benzene rings is 3. The van der Waals surface area contributed by atoms with Crippen LogP contribution in [0.2, 0.25) is 0 Å². The Hall–Kier alpha value is -4.59. The van der Waals surface area contributed by atoms with Gasteiger partial charge in [0.25, 0.3) is 17.7 Å². The first kappa shape index (κ1) is 23.6. The summed E-state index contributed by atoms with van der Waals surface area (Å²) in [5.41, 5.74) is 1.82. The zero-order valence-electron chi connectivity index (χ0n) is 18.7. The Balaban J connectivity index is 1.25. The first-order valence-electron chi connectivity index (χ1n) is 11.0. The van der Waals surface area contributed by atoms with Crippen molar-refractivity contribution >= 4 is 35.2 Å². The van der Waals surface area contributed by atoms with E-state index in [9.17, 15) is 24.0 Å². The third-order valence-electron chi connectivity index (χ3n) is 5.49. The second kappa shape index (κ2) is 10.6. The van der Waals surface area contributed by atoms with Gasteiger partial charge in [0.05, 0.1) is 16.8 Å². The summed E-state index contributed by atoms with van der Waals surface area (Å²) in [4.78, 5) is 63.0. The van der Waals surface area contributed by atoms with Crippen LogP contribution >= 0.6 is 0 Å². The van der Waals surface area contributed by atoms with Crippen LogP contribution in [-0.4, -0.2) is 47.5 Å². The number of hydrogen-bond acceptors (Lipinski definition) is 6. The van der Waals surface area contributed by atoms with Crippen molar-refractivity contribution in [2.24, 2.45) is 0 Å². The first-order valence-corrected chi connectivity index (χ1v) is 11.0. The Morgan fingerprint density at radius 1 is 0.771 bits per heavy atom. The number of fused-ring (bicyclic) bond motifs is 1. The summed E-state index contributed by atoms with van der Waals surface area (Å²) in [7, 11) is 0. The minimum Gasteiger partial charge on any atom is -0.456 e. The van der Waals surface area contributed by atoms with Crippen LogP contribution in [0.25, 0.3) is 0 Å². The molecule has 8 nitrogen and oxygen atoms in total. The monoisotopic (exact) mass is 470 g/mol. The Morgan fingerprint density at radius 2 is 1.37 bits per heavy atom. The Kier molecular flexibility index (Phi) is 7.11. The molecule has 0 saturated heterocycles. The van der Waals surface area contributed by atoms with Crippen molar-refractivity contribution in [1.82, 2.24) is 4.90 Å². The SMILES string of the molecule is O=C(COC(=O)CCCN1C(=O)c2ccccc2C1=O)Nc1ccccc1C(=O)c1ccccc1. The number of rotatable bonds is 9. The molecule has 0 spiro atoms. The molecule has 0 radical (unpaired) electrons. The van der Waals surface area contributed by atoms with Gasteiger partial charge in [0.2, 0.25) is 0 Å². The fourth-order valence-electron chi connectivity index (χ4n) is 3.76. The highest BCUT2D eigenvalue weighted by Gasteiger charge is 2.34. The summed E-state index contributed by atoms with van der Waals surface area (Å²) in [5, 5.41) is 2.60. The minimum atomic E-state index is -0.634. The standard InChI is InChI=1S/C27H22N2O6/c30-23(28-22-14-7-6-13-21(22)25(32)18-9-2-1-3-10-18)17-35-24(31)15-8-16-29-26(33)19-11-4-5-12-20(19)27(29)34/h1-7,9-14H,8,15-17H2,(H,28,30). The van der Waals surface area contributed by atoms with Gasteiger partial charge in [0, 0.05) is 24.1 Å². The number of amides is 3. The van der Waals surface area contributed by atoms with Crippen molar-refractivity contribution in [1.29, 1.82) is 0 Å². The summed E-state index contributed by atoms with van der Waals surface area (Å²) in [6.45, 7) is -0.456. The molecule has 1 aliphatic rings. The predicted molar refractivity (Wildman–Crippen MR) is 127 cm³/mol. The van der Waals surface area contributed by atoms with E-state index >= 15 is 0 Å². The number of ketones is 1. The molecule has 3 aromatic carbocycles. The molecular weight excluding hydrogens is 448 g/mol. The van der Waals surface area contributed by atoms with E-state index < -0.39 is 18.5 Å². The zero-order valence-corrected chi connectivity index (χ0v) is 18.7. The molecule has 0 fully saturated rings. The molecule has 3 aromatic rings. The molecule has 0 aromatic heterocycles. The van der Waals surface area contributed by atoms with Crippen molar-refractivity contribution in [2.75, 3.05) is 18.5 Å². The molecule has 0 saturated carbocycles. The molecule has 8 heteroatoms. The van der Waals surface area contributed by atoms with Crippen LogP contribution in [0.5, 0.6) is 0 Å². The number of carbonyl (C=O) groups excluding carboxylic acids is 5. The highest BCUT2D eigenvalue weighted by Crippen LogP contribution is 2.23. The van der Waals surface area contributed by atoms with Crippen LogP contribution in [-0.2, 0) is 14.3 Å². The van der Waals surface area contributed by atoms with Crippen molar-refractivity contribution in [3.63, 3.8) is 0 Å². The van der Waals surface area contributed by atoms with E-state index in [0.717, 1.165) is 4.90 Å². The maximum atomic E-state index is 12.8. The van der Waals surface area contributed by atoms with Gasteiger partial charge in [0.15, 0.2) is 12.4 Å². The number of imide groups is 1. The normalized spacial score (nSPS) is 12.3. The summed E-state index contributed by atoms with van der Waals surface area (Å²) < 4.78 is 5.02. The number of carbonyl (C=O) groups is 5. The molecule has 1 heterocycles. The number of hydrogen-bond donors (Lipinski definition) is 1. The molecular formula is C27H22N2O6. The molecule has 4 rings (SSSR count). The highest BCUT2D eigenvalue weighted by molar-refractivity contribution is 6.21. The van der Waals surface area contributed by atoms with Crippen molar-refractivity contribution in [2.45, 2.75) is 12.8 Å². The second-order valence-corrected chi connectivity index (χ2v) is 7.86. The number of ether oxygens (including phenoxy) is 1. The van der Waals surface area contributed by atoms with E-state index in [1.807, 2.05) is 0 Å². The van der Waals surface area contributed by atoms with E-state index in [-0.39, 0.29) is 37.0 Å². The first-order chi connectivity index (χ1) is 17.0. The van der Waals surface area contributed by atoms with Crippen LogP contribution in [0.1, 0.15) is 49.5 Å². The largest absolute Gasteiger partial charge is 0.456 e. The number of nitrogens with zero attached hydrogens (tertiary/aromatic N) is 1. The number of anilines is 1. The molecule has 1 aliphatic heterocycles. The van der Waals surface area contributed by atoms with E-state index in [2.05, 4.69) is 5.32 Å². The van der Waals surface area contributed by atoms with Crippen LogP contribution in [0.4, 0.5) is 5.69 Å². The minimum absolute atomic E-state index is 0.0657. The molecule has 176 valence electrons. The van der Waals surface area contributed by atoms with E-state index in [4.69, 9.17) is 4.74 Å². The molecule has 35 heavy (non-hydrogen) atoms. The highest BCUT2D eigenvalue weighted by atomic mass is 16.5. The van der Waals surface area contributed by atoms with Gasteiger partial charge in [-0.1, -0.05) is 54.6 Å². The predicted octanol–water partition coefficient (Wildman–Crippen LogP) is 3.48. The lowest BCUT2D eigenvalue weighted by molar-refractivity contribution is -0.147. The van der Waals surface area contributed by atoms with Gasteiger partial charge in [-0.2, -0.15) is 0 Å². The van der Waals surface area contributed by atoms with Crippen LogP contribution in [0, 0.1) is 0 Å². The quantitative estimate of drug-likeness (QED) is 0.291. The lowest BCUT2D eigenvalue weighted by Crippen LogP contribution is -2.31. The number of nitrogens with one attached hydrogen (secondary N) is 1. The van der Waals surface area contributed by atoms with E-state index in [1.165, 1.54) is 0 Å². The number of para-hydroxylation sites is 1. The van der Waals surface area contributed by atoms with Crippen LogP contribution < -0.4 is 5.32 Å². The van der Waals surface area contributed by atoms with Crippen LogP contribution in [0.15, 0.2) is 78.9 Å². The van der Waals surface area contributed by atoms with Gasteiger partial charge in [-0.25, -0.2) is 0 Å². The fourth-order valence-corrected chi connectivity index (χ4v) is 3.76. The van der Waals surface area contributed by atoms with Crippen LogP contribution in [0.3, 0.4) is 0 Å². The van der Waals surface area contributed by atoms with E-state index in [0.29, 0.717) is 27.9 Å². The molecule has 1 N–H and O–H groups in total. The summed E-state index contributed by atoms with van der Waals surface area (Å²) in [6, 6.07) is 21.8. The lowest BCUT2D eigenvalue weighted by atomic mass is 10.0. The summed E-state index contributed by atoms with van der Waals surface area (Å²) in [5.74, 6) is -2.24.